The number of pyridine rings is 1. The van der Waals surface area contributed by atoms with Crippen molar-refractivity contribution in [1.82, 2.24) is 4.98 Å². The van der Waals surface area contributed by atoms with Crippen LogP contribution in [0.5, 0.6) is 11.5 Å². The lowest BCUT2D eigenvalue weighted by molar-refractivity contribution is 0.0986. The largest absolute Gasteiger partial charge is 0.490 e. The highest BCUT2D eigenvalue weighted by Gasteiger charge is 2.16. The van der Waals surface area contributed by atoms with Crippen LogP contribution in [-0.4, -0.2) is 29.8 Å². The third kappa shape index (κ3) is 5.09. The van der Waals surface area contributed by atoms with Crippen LogP contribution in [-0.2, 0) is 12.8 Å². The van der Waals surface area contributed by atoms with E-state index in [9.17, 15) is 9.59 Å². The van der Waals surface area contributed by atoms with Gasteiger partial charge in [-0.05, 0) is 73.0 Å². The van der Waals surface area contributed by atoms with Crippen molar-refractivity contribution >= 4 is 22.5 Å². The quantitative estimate of drug-likeness (QED) is 0.334. The smallest absolute Gasteiger partial charge is 0.167 e. The van der Waals surface area contributed by atoms with Crippen LogP contribution >= 0.6 is 0 Å². The number of hydrogen-bond acceptors (Lipinski definition) is 5. The van der Waals surface area contributed by atoms with Gasteiger partial charge in [-0.15, -0.1) is 0 Å². The number of fused-ring (bicyclic) bond motifs is 2. The van der Waals surface area contributed by atoms with Crippen LogP contribution in [0, 0.1) is 13.8 Å². The molecule has 3 aromatic carbocycles. The van der Waals surface area contributed by atoms with Gasteiger partial charge in [0.15, 0.2) is 23.1 Å². The molecule has 0 saturated carbocycles. The monoisotopic (exact) mass is 465 g/mol. The van der Waals surface area contributed by atoms with E-state index in [1.165, 1.54) is 0 Å². The SMILES string of the molecule is Cc1ccc2cc(C(=O)Cc3cc(CC(=O)c4ccc5c(c4)OCCCO5)ccc3C)ccc2n1. The summed E-state index contributed by atoms with van der Waals surface area (Å²) < 4.78 is 11.4. The first-order valence-corrected chi connectivity index (χ1v) is 11.9. The molecule has 1 aromatic heterocycles. The molecule has 0 unspecified atom stereocenters. The number of carbonyl (C=O) groups is 2. The number of benzene rings is 3. The van der Waals surface area contributed by atoms with E-state index in [0.717, 1.165) is 39.7 Å². The van der Waals surface area contributed by atoms with Crippen LogP contribution in [0.15, 0.2) is 66.7 Å². The summed E-state index contributed by atoms with van der Waals surface area (Å²) in [5.41, 5.74) is 5.93. The molecular weight excluding hydrogens is 438 g/mol. The van der Waals surface area contributed by atoms with Crippen LogP contribution in [0.2, 0.25) is 0 Å². The Morgan fingerprint density at radius 2 is 1.51 bits per heavy atom. The summed E-state index contributed by atoms with van der Waals surface area (Å²) in [6.07, 6.45) is 1.35. The molecule has 5 nitrogen and oxygen atoms in total. The third-order valence-corrected chi connectivity index (χ3v) is 6.35. The Morgan fingerprint density at radius 1 is 0.771 bits per heavy atom. The molecule has 0 N–H and O–H groups in total. The summed E-state index contributed by atoms with van der Waals surface area (Å²) in [6, 6.07) is 20.8. The highest BCUT2D eigenvalue weighted by molar-refractivity contribution is 6.01. The molecule has 0 aliphatic carbocycles. The molecule has 4 aromatic rings. The molecule has 0 amide bonds. The molecule has 0 spiro atoms. The number of aryl methyl sites for hydroxylation is 2. The number of ketones is 2. The number of ether oxygens (including phenoxy) is 2. The molecule has 35 heavy (non-hydrogen) atoms. The third-order valence-electron chi connectivity index (χ3n) is 6.35. The van der Waals surface area contributed by atoms with E-state index in [1.807, 2.05) is 62.4 Å². The summed E-state index contributed by atoms with van der Waals surface area (Å²) in [6.45, 7) is 5.13. The topological polar surface area (TPSA) is 65.5 Å². The van der Waals surface area contributed by atoms with Crippen molar-refractivity contribution in [2.75, 3.05) is 13.2 Å². The standard InChI is InChI=1S/C30H27NO4/c1-19-4-6-21(15-27(32)24-9-11-29-30(18-24)35-13-3-12-34-29)14-25(19)17-28(33)23-8-10-26-22(16-23)7-5-20(2)31-26/h4-11,14,16,18H,3,12-13,15,17H2,1-2H3. The van der Waals surface area contributed by atoms with Crippen molar-refractivity contribution in [3.8, 4) is 11.5 Å². The van der Waals surface area contributed by atoms with Crippen molar-refractivity contribution in [3.63, 3.8) is 0 Å². The Hall–Kier alpha value is -3.99. The number of Topliss-reactive ketones (excluding diaryl/α,β-unsaturated/α-hetero) is 2. The second kappa shape index (κ2) is 9.71. The van der Waals surface area contributed by atoms with Gasteiger partial charge in [-0.25, -0.2) is 0 Å². The second-order valence-electron chi connectivity index (χ2n) is 9.03. The van der Waals surface area contributed by atoms with Gasteiger partial charge in [0.1, 0.15) is 0 Å². The van der Waals surface area contributed by atoms with Crippen molar-refractivity contribution < 1.29 is 19.1 Å². The van der Waals surface area contributed by atoms with E-state index in [0.29, 0.717) is 35.8 Å². The van der Waals surface area contributed by atoms with E-state index in [1.54, 1.807) is 18.2 Å². The average molecular weight is 466 g/mol. The molecule has 0 radical (unpaired) electrons. The highest BCUT2D eigenvalue weighted by atomic mass is 16.5. The normalized spacial score (nSPS) is 12.9. The van der Waals surface area contributed by atoms with E-state index < -0.39 is 0 Å². The number of carbonyl (C=O) groups excluding carboxylic acids is 2. The molecular formula is C30H27NO4. The number of hydrogen-bond donors (Lipinski definition) is 0. The van der Waals surface area contributed by atoms with Crippen molar-refractivity contribution in [3.05, 3.63) is 100 Å². The zero-order chi connectivity index (χ0) is 24.4. The van der Waals surface area contributed by atoms with Crippen LogP contribution < -0.4 is 9.47 Å². The zero-order valence-electron chi connectivity index (χ0n) is 20.0. The molecule has 0 saturated heterocycles. The molecule has 0 fully saturated rings. The van der Waals surface area contributed by atoms with E-state index in [2.05, 4.69) is 4.98 Å². The summed E-state index contributed by atoms with van der Waals surface area (Å²) >= 11 is 0. The molecule has 176 valence electrons. The summed E-state index contributed by atoms with van der Waals surface area (Å²) in [7, 11) is 0. The lowest BCUT2D eigenvalue weighted by Gasteiger charge is -2.11. The molecule has 5 rings (SSSR count). The summed E-state index contributed by atoms with van der Waals surface area (Å²) in [4.78, 5) is 30.6. The van der Waals surface area contributed by atoms with Gasteiger partial charge < -0.3 is 9.47 Å². The fraction of sp³-hybridized carbons (Fsp3) is 0.233. The molecule has 2 heterocycles. The number of nitrogens with zero attached hydrogens (tertiary/aromatic N) is 1. The van der Waals surface area contributed by atoms with Crippen LogP contribution in [0.25, 0.3) is 10.9 Å². The second-order valence-corrected chi connectivity index (χ2v) is 9.03. The highest BCUT2D eigenvalue weighted by Crippen LogP contribution is 2.31. The van der Waals surface area contributed by atoms with Gasteiger partial charge in [-0.1, -0.05) is 24.3 Å². The number of aromatic nitrogens is 1. The Balaban J connectivity index is 1.32. The maximum absolute atomic E-state index is 13.1. The molecule has 1 aliphatic heterocycles. The van der Waals surface area contributed by atoms with Crippen molar-refractivity contribution in [2.24, 2.45) is 0 Å². The van der Waals surface area contributed by atoms with E-state index in [-0.39, 0.29) is 24.4 Å². The summed E-state index contributed by atoms with van der Waals surface area (Å²) in [5, 5.41) is 0.952. The number of rotatable bonds is 6. The average Bonchev–Trinajstić information content (AvgIpc) is 3.10. The van der Waals surface area contributed by atoms with Crippen molar-refractivity contribution in [2.45, 2.75) is 33.1 Å². The lowest BCUT2D eigenvalue weighted by atomic mass is 9.94. The molecule has 0 atom stereocenters. The minimum Gasteiger partial charge on any atom is -0.490 e. The van der Waals surface area contributed by atoms with E-state index in [4.69, 9.17) is 9.47 Å². The van der Waals surface area contributed by atoms with Crippen LogP contribution in [0.1, 0.15) is 49.5 Å². The first-order valence-electron chi connectivity index (χ1n) is 11.9. The van der Waals surface area contributed by atoms with Gasteiger partial charge >= 0.3 is 0 Å². The first kappa shape index (κ1) is 22.8. The van der Waals surface area contributed by atoms with Gasteiger partial charge in [0, 0.05) is 41.5 Å². The first-order chi connectivity index (χ1) is 17.0. The van der Waals surface area contributed by atoms with Crippen molar-refractivity contribution in [1.29, 1.82) is 0 Å². The minimum atomic E-state index is -0.000834. The molecule has 5 heteroatoms. The molecule has 1 aliphatic rings. The lowest BCUT2D eigenvalue weighted by Crippen LogP contribution is -2.08. The predicted octanol–water partition coefficient (Wildman–Crippen LogP) is 5.86. The maximum atomic E-state index is 13.1. The Morgan fingerprint density at radius 3 is 2.37 bits per heavy atom. The molecule has 0 bridgehead atoms. The van der Waals surface area contributed by atoms with Gasteiger partial charge in [0.2, 0.25) is 0 Å². The Labute approximate surface area is 204 Å². The van der Waals surface area contributed by atoms with Crippen LogP contribution in [0.3, 0.4) is 0 Å². The van der Waals surface area contributed by atoms with Crippen LogP contribution in [0.4, 0.5) is 0 Å². The maximum Gasteiger partial charge on any atom is 0.167 e. The van der Waals surface area contributed by atoms with Gasteiger partial charge in [-0.3, -0.25) is 14.6 Å². The van der Waals surface area contributed by atoms with E-state index >= 15 is 0 Å². The Bertz CT molecular complexity index is 1440. The zero-order valence-corrected chi connectivity index (χ0v) is 20.0. The fourth-order valence-corrected chi connectivity index (χ4v) is 4.33. The summed E-state index contributed by atoms with van der Waals surface area (Å²) in [5.74, 6) is 1.33. The van der Waals surface area contributed by atoms with Gasteiger partial charge in [0.05, 0.1) is 18.7 Å². The fourth-order valence-electron chi connectivity index (χ4n) is 4.33. The predicted molar refractivity (Wildman–Crippen MR) is 136 cm³/mol. The Kier molecular flexibility index (Phi) is 6.32. The van der Waals surface area contributed by atoms with Gasteiger partial charge in [-0.2, -0.15) is 0 Å². The minimum absolute atomic E-state index is 0.000834. The van der Waals surface area contributed by atoms with Gasteiger partial charge in [0.25, 0.3) is 0 Å².